The second-order valence-electron chi connectivity index (χ2n) is 8.36. The first-order valence-electron chi connectivity index (χ1n) is 11.8. The molecule has 0 spiro atoms. The lowest BCUT2D eigenvalue weighted by atomic mass is 9.92. The van der Waals surface area contributed by atoms with E-state index in [4.69, 9.17) is 34.2 Å². The molecule has 12 nitrogen and oxygen atoms in total. The minimum Gasteiger partial charge on any atom is -0.463 e. The summed E-state index contributed by atoms with van der Waals surface area (Å²) in [5.41, 5.74) is 2.21. The molecule has 0 aromatic heterocycles. The van der Waals surface area contributed by atoms with E-state index in [1.165, 1.54) is 20.8 Å². The highest BCUT2D eigenvalue weighted by atomic mass is 16.7. The number of benzene rings is 1. The van der Waals surface area contributed by atoms with E-state index in [0.717, 1.165) is 6.34 Å². The van der Waals surface area contributed by atoms with E-state index < -0.39 is 60.1 Å². The molecule has 37 heavy (non-hydrogen) atoms. The Morgan fingerprint density at radius 1 is 1.05 bits per heavy atom. The van der Waals surface area contributed by atoms with Crippen molar-refractivity contribution in [2.24, 2.45) is 10.7 Å². The van der Waals surface area contributed by atoms with Gasteiger partial charge in [0.05, 0.1) is 26.2 Å². The third-order valence-electron chi connectivity index (χ3n) is 5.64. The quantitative estimate of drug-likeness (QED) is 0.137. The van der Waals surface area contributed by atoms with Gasteiger partial charge in [-0.2, -0.15) is 0 Å². The smallest absolute Gasteiger partial charge is 0.350 e. The maximum atomic E-state index is 13.2. The van der Waals surface area contributed by atoms with Crippen LogP contribution in [0.1, 0.15) is 40.2 Å². The van der Waals surface area contributed by atoms with Gasteiger partial charge in [-0.25, -0.2) is 14.6 Å². The molecular weight excluding hydrogens is 488 g/mol. The van der Waals surface area contributed by atoms with Crippen molar-refractivity contribution in [3.8, 4) is 0 Å². The van der Waals surface area contributed by atoms with E-state index >= 15 is 0 Å². The first-order valence-corrected chi connectivity index (χ1v) is 11.8. The van der Waals surface area contributed by atoms with Gasteiger partial charge in [-0.05, 0) is 26.3 Å². The van der Waals surface area contributed by atoms with Crippen molar-refractivity contribution in [3.05, 3.63) is 35.9 Å². The Labute approximate surface area is 215 Å². The van der Waals surface area contributed by atoms with E-state index in [9.17, 15) is 19.2 Å². The summed E-state index contributed by atoms with van der Waals surface area (Å²) in [6.45, 7) is 6.48. The summed E-state index contributed by atoms with van der Waals surface area (Å²) in [5.74, 6) is -3.30. The van der Waals surface area contributed by atoms with Crippen LogP contribution in [0, 0.1) is 0 Å². The molecule has 1 aromatic rings. The summed E-state index contributed by atoms with van der Waals surface area (Å²) in [7, 11) is 0. The fourth-order valence-electron chi connectivity index (χ4n) is 4.02. The molecule has 2 rings (SSSR count). The fraction of sp³-hybridized carbons (Fsp3) is 0.560. The Kier molecular flexibility index (Phi) is 10.6. The van der Waals surface area contributed by atoms with Crippen LogP contribution < -0.4 is 5.73 Å². The summed E-state index contributed by atoms with van der Waals surface area (Å²) in [6, 6.07) is 8.70. The van der Waals surface area contributed by atoms with Crippen molar-refractivity contribution in [2.45, 2.75) is 70.7 Å². The third-order valence-corrected chi connectivity index (χ3v) is 5.64. The number of carbonyl (C=O) groups excluding carboxylic acids is 4. The minimum absolute atomic E-state index is 0.0228. The summed E-state index contributed by atoms with van der Waals surface area (Å²) in [5, 5.41) is 0. The molecular formula is C25H34N2O10. The van der Waals surface area contributed by atoms with Gasteiger partial charge < -0.3 is 34.2 Å². The van der Waals surface area contributed by atoms with Crippen molar-refractivity contribution in [1.29, 1.82) is 0 Å². The second-order valence-corrected chi connectivity index (χ2v) is 8.36. The Balaban J connectivity index is 2.52. The SMILES string of the molecule is CCOC(=O)C(Cc1ccccc1)(OC[C@H]1O[C@@H](N=CN)[C@H](OC(C)=O)[C@]1(C)OC(C)=O)C(=O)OCC. The lowest BCUT2D eigenvalue weighted by molar-refractivity contribution is -0.203. The lowest BCUT2D eigenvalue weighted by Gasteiger charge is -2.35. The summed E-state index contributed by atoms with van der Waals surface area (Å²) >= 11 is 0. The molecule has 204 valence electrons. The number of aliphatic imine (C=N–C) groups is 1. The maximum Gasteiger partial charge on any atom is 0.350 e. The molecule has 1 fully saturated rings. The van der Waals surface area contributed by atoms with Crippen molar-refractivity contribution in [3.63, 3.8) is 0 Å². The van der Waals surface area contributed by atoms with E-state index in [1.54, 1.807) is 44.2 Å². The van der Waals surface area contributed by atoms with Gasteiger partial charge in [-0.15, -0.1) is 0 Å². The molecule has 12 heteroatoms. The Morgan fingerprint density at radius 3 is 2.14 bits per heavy atom. The number of hydrogen-bond donors (Lipinski definition) is 1. The van der Waals surface area contributed by atoms with Gasteiger partial charge in [-0.3, -0.25) is 9.59 Å². The number of nitrogens with two attached hydrogens (primary N) is 1. The van der Waals surface area contributed by atoms with Crippen LogP contribution in [-0.2, 0) is 54.0 Å². The number of ether oxygens (including phenoxy) is 6. The zero-order chi connectivity index (χ0) is 27.6. The molecule has 0 saturated carbocycles. The van der Waals surface area contributed by atoms with E-state index in [2.05, 4.69) is 4.99 Å². The summed E-state index contributed by atoms with van der Waals surface area (Å²) < 4.78 is 33.2. The van der Waals surface area contributed by atoms with Gasteiger partial charge in [0.25, 0.3) is 5.60 Å². The predicted octanol–water partition coefficient (Wildman–Crippen LogP) is 1.08. The molecule has 1 saturated heterocycles. The highest BCUT2D eigenvalue weighted by Crippen LogP contribution is 2.38. The van der Waals surface area contributed by atoms with Crippen LogP contribution in [0.4, 0.5) is 0 Å². The number of hydrogen-bond acceptors (Lipinski definition) is 11. The highest BCUT2D eigenvalue weighted by molar-refractivity contribution is 6.04. The topological polar surface area (TPSA) is 162 Å². The lowest BCUT2D eigenvalue weighted by Crippen LogP contribution is -2.57. The number of rotatable bonds is 12. The molecule has 2 N–H and O–H groups in total. The van der Waals surface area contributed by atoms with Gasteiger partial charge >= 0.3 is 23.9 Å². The molecule has 1 aliphatic rings. The zero-order valence-corrected chi connectivity index (χ0v) is 21.6. The molecule has 1 aliphatic heterocycles. The number of esters is 4. The van der Waals surface area contributed by atoms with Gasteiger partial charge in [0.1, 0.15) is 6.10 Å². The molecule has 1 heterocycles. The van der Waals surface area contributed by atoms with Crippen LogP contribution in [0.15, 0.2) is 35.3 Å². The first kappa shape index (κ1) is 29.7. The zero-order valence-electron chi connectivity index (χ0n) is 21.6. The Hall–Kier alpha value is -3.51. The Bertz CT molecular complexity index is 965. The molecule has 0 aliphatic carbocycles. The van der Waals surface area contributed by atoms with Crippen molar-refractivity contribution < 1.29 is 47.6 Å². The van der Waals surface area contributed by atoms with Gasteiger partial charge in [0, 0.05) is 20.3 Å². The van der Waals surface area contributed by atoms with Crippen LogP contribution >= 0.6 is 0 Å². The molecule has 4 atom stereocenters. The third kappa shape index (κ3) is 7.04. The maximum absolute atomic E-state index is 13.2. The highest BCUT2D eigenvalue weighted by Gasteiger charge is 2.60. The van der Waals surface area contributed by atoms with Gasteiger partial charge in [0.2, 0.25) is 0 Å². The van der Waals surface area contributed by atoms with E-state index in [1.807, 2.05) is 0 Å². The van der Waals surface area contributed by atoms with Crippen LogP contribution in [-0.4, -0.2) is 79.7 Å². The standard InChI is InChI=1S/C25H34N2O10/c1-6-32-22(30)25(23(31)33-7-2,13-18-11-9-8-10-12-18)34-14-19-24(5,37-17(4)29)20(35-16(3)28)21(36-19)27-15-26/h8-12,15,19-21H,6-7,13-14H2,1-5H3,(H2,26,27)/t19-,20+,21-,24-/m1/s1. The van der Waals surface area contributed by atoms with Crippen LogP contribution in [0.3, 0.4) is 0 Å². The van der Waals surface area contributed by atoms with Gasteiger partial charge in [0.15, 0.2) is 17.9 Å². The van der Waals surface area contributed by atoms with E-state index in [0.29, 0.717) is 5.56 Å². The van der Waals surface area contributed by atoms with Crippen LogP contribution in [0.2, 0.25) is 0 Å². The number of nitrogens with zero attached hydrogens (tertiary/aromatic N) is 1. The molecule has 0 bridgehead atoms. The molecule has 0 unspecified atom stereocenters. The summed E-state index contributed by atoms with van der Waals surface area (Å²) in [4.78, 5) is 54.2. The molecule has 0 radical (unpaired) electrons. The van der Waals surface area contributed by atoms with E-state index in [-0.39, 0.29) is 19.6 Å². The summed E-state index contributed by atoms with van der Waals surface area (Å²) in [6.07, 6.45) is -2.75. The van der Waals surface area contributed by atoms with Gasteiger partial charge in [-0.1, -0.05) is 30.3 Å². The Morgan fingerprint density at radius 2 is 1.65 bits per heavy atom. The molecule has 1 aromatic carbocycles. The largest absolute Gasteiger partial charge is 0.463 e. The van der Waals surface area contributed by atoms with Crippen molar-refractivity contribution in [2.75, 3.05) is 19.8 Å². The van der Waals surface area contributed by atoms with Crippen molar-refractivity contribution >= 4 is 30.2 Å². The average molecular weight is 523 g/mol. The number of carbonyl (C=O) groups is 4. The molecule has 0 amide bonds. The van der Waals surface area contributed by atoms with Crippen LogP contribution in [0.25, 0.3) is 0 Å². The normalized spacial score (nSPS) is 23.4. The average Bonchev–Trinajstić information content (AvgIpc) is 3.07. The van der Waals surface area contributed by atoms with Crippen molar-refractivity contribution in [1.82, 2.24) is 0 Å². The second kappa shape index (κ2) is 13.2. The van der Waals surface area contributed by atoms with Crippen LogP contribution in [0.5, 0.6) is 0 Å². The predicted molar refractivity (Wildman–Crippen MR) is 129 cm³/mol. The fourth-order valence-corrected chi connectivity index (χ4v) is 4.02. The first-order chi connectivity index (χ1) is 17.5. The minimum atomic E-state index is -2.21. The monoisotopic (exact) mass is 522 g/mol.